The molecule has 0 fully saturated rings. The molecule has 3 rings (SSSR count). The molecule has 174 valence electrons. The lowest BCUT2D eigenvalue weighted by molar-refractivity contribution is 0.0661. The number of hydrogen-bond acceptors (Lipinski definition) is 8. The van der Waals surface area contributed by atoms with Crippen molar-refractivity contribution in [2.75, 3.05) is 25.6 Å². The Labute approximate surface area is 194 Å². The third-order valence-electron chi connectivity index (χ3n) is 5.33. The minimum Gasteiger partial charge on any atom is -0.497 e. The van der Waals surface area contributed by atoms with Crippen molar-refractivity contribution >= 4 is 29.7 Å². The highest BCUT2D eigenvalue weighted by Gasteiger charge is 2.25. The maximum Gasteiger partial charge on any atom is 0.256 e. The molecule has 1 amide bonds. The van der Waals surface area contributed by atoms with Gasteiger partial charge in [0.1, 0.15) is 5.75 Å². The van der Waals surface area contributed by atoms with Crippen molar-refractivity contribution in [3.8, 4) is 5.75 Å². The number of hydrogen-bond donors (Lipinski definition) is 4. The molecule has 2 aromatic rings. The lowest BCUT2D eigenvalue weighted by Crippen LogP contribution is -2.48. The highest BCUT2D eigenvalue weighted by molar-refractivity contribution is 6.14. The van der Waals surface area contributed by atoms with Gasteiger partial charge >= 0.3 is 0 Å². The number of nitrogens with zero attached hydrogens (tertiary/aromatic N) is 3. The van der Waals surface area contributed by atoms with Gasteiger partial charge < -0.3 is 20.5 Å². The molecule has 0 spiro atoms. The summed E-state index contributed by atoms with van der Waals surface area (Å²) in [5, 5.41) is 13.0. The monoisotopic (exact) mass is 449 g/mol. The lowest BCUT2D eigenvalue weighted by Gasteiger charge is -2.31. The number of benzene rings is 2. The maximum atomic E-state index is 13.5. The Kier molecular flexibility index (Phi) is 8.04. The second-order valence-corrected chi connectivity index (χ2v) is 7.71. The Morgan fingerprint density at radius 1 is 1.33 bits per heavy atom. The standard InChI is InChI=1S/C24H31N7O2/c1-5-31(24(32)21-13-17(2)9-10-22(21)27-26-12-11-25)18(3)15-30-16-23(28-29-30)19-7-6-8-20(14-19)33-4/h6-14,16,18,25,27-29H,5,15H2,1-4H3/b25-11?,26-12-/t18-/m0/s1. The zero-order chi connectivity index (χ0) is 23.8. The van der Waals surface area contributed by atoms with Crippen LogP contribution in [0.5, 0.6) is 5.75 Å². The molecule has 2 aromatic carbocycles. The summed E-state index contributed by atoms with van der Waals surface area (Å²) in [6.07, 6.45) is 4.38. The van der Waals surface area contributed by atoms with Crippen LogP contribution in [0.3, 0.4) is 0 Å². The lowest BCUT2D eigenvalue weighted by atomic mass is 10.1. The Bertz CT molecular complexity index is 1050. The fourth-order valence-electron chi connectivity index (χ4n) is 3.66. The van der Waals surface area contributed by atoms with E-state index in [0.29, 0.717) is 24.3 Å². The smallest absolute Gasteiger partial charge is 0.256 e. The first-order valence-corrected chi connectivity index (χ1v) is 10.8. The third-order valence-corrected chi connectivity index (χ3v) is 5.33. The second kappa shape index (κ2) is 11.1. The summed E-state index contributed by atoms with van der Waals surface area (Å²) >= 11 is 0. The van der Waals surface area contributed by atoms with Gasteiger partial charge in [-0.3, -0.25) is 15.2 Å². The average Bonchev–Trinajstić information content (AvgIpc) is 3.29. The van der Waals surface area contributed by atoms with Gasteiger partial charge in [-0.05, 0) is 45.0 Å². The van der Waals surface area contributed by atoms with Crippen molar-refractivity contribution in [3.63, 3.8) is 0 Å². The van der Waals surface area contributed by atoms with Crippen LogP contribution in [-0.4, -0.2) is 54.5 Å². The van der Waals surface area contributed by atoms with Gasteiger partial charge in [0.05, 0.1) is 36.8 Å². The largest absolute Gasteiger partial charge is 0.497 e. The predicted molar refractivity (Wildman–Crippen MR) is 132 cm³/mol. The van der Waals surface area contributed by atoms with Crippen LogP contribution in [0.4, 0.5) is 5.69 Å². The molecular weight excluding hydrogens is 418 g/mol. The summed E-state index contributed by atoms with van der Waals surface area (Å²) in [7, 11) is 1.65. The SMILES string of the molecule is CCN(C(=O)c1cc(C)ccc1N/N=C\C=N)[C@@H](C)CN1C=C(c2cccc(OC)c2)NN1. The number of amides is 1. The van der Waals surface area contributed by atoms with Gasteiger partial charge in [0.2, 0.25) is 0 Å². The molecule has 0 aliphatic carbocycles. The van der Waals surface area contributed by atoms with E-state index in [1.54, 1.807) is 7.11 Å². The van der Waals surface area contributed by atoms with Crippen LogP contribution in [0.1, 0.15) is 35.3 Å². The molecule has 0 aromatic heterocycles. The van der Waals surface area contributed by atoms with Crippen LogP contribution < -0.4 is 21.1 Å². The van der Waals surface area contributed by atoms with Gasteiger partial charge in [-0.25, -0.2) is 0 Å². The summed E-state index contributed by atoms with van der Waals surface area (Å²) in [6, 6.07) is 13.3. The van der Waals surface area contributed by atoms with Gasteiger partial charge in [0.15, 0.2) is 0 Å². The highest BCUT2D eigenvalue weighted by Crippen LogP contribution is 2.23. The molecule has 0 bridgehead atoms. The number of ether oxygens (including phenoxy) is 1. The van der Waals surface area contributed by atoms with Crippen molar-refractivity contribution in [2.45, 2.75) is 26.8 Å². The summed E-state index contributed by atoms with van der Waals surface area (Å²) in [6.45, 7) is 7.09. The number of methoxy groups -OCH3 is 1. The summed E-state index contributed by atoms with van der Waals surface area (Å²) in [5.41, 5.74) is 13.2. The van der Waals surface area contributed by atoms with Crippen LogP contribution in [0.15, 0.2) is 53.8 Å². The van der Waals surface area contributed by atoms with E-state index in [-0.39, 0.29) is 11.9 Å². The first-order chi connectivity index (χ1) is 16.0. The van der Waals surface area contributed by atoms with E-state index in [2.05, 4.69) is 21.5 Å². The zero-order valence-corrected chi connectivity index (χ0v) is 19.4. The maximum absolute atomic E-state index is 13.5. The molecular formula is C24H31N7O2. The molecule has 33 heavy (non-hydrogen) atoms. The third kappa shape index (κ3) is 5.89. The number of likely N-dealkylation sites (N-methyl/N-ethyl adjacent to an activating group) is 1. The molecule has 1 heterocycles. The number of rotatable bonds is 10. The number of hydrazone groups is 1. The van der Waals surface area contributed by atoms with Crippen molar-refractivity contribution in [3.05, 3.63) is 65.4 Å². The number of anilines is 1. The van der Waals surface area contributed by atoms with Crippen molar-refractivity contribution in [1.29, 1.82) is 5.41 Å². The first kappa shape index (κ1) is 23.8. The van der Waals surface area contributed by atoms with Gasteiger partial charge in [0, 0.05) is 30.6 Å². The number of carbonyl (C=O) groups is 1. The van der Waals surface area contributed by atoms with Gasteiger partial charge in [-0.2, -0.15) is 5.10 Å². The Morgan fingerprint density at radius 3 is 2.88 bits per heavy atom. The summed E-state index contributed by atoms with van der Waals surface area (Å²) < 4.78 is 5.31. The van der Waals surface area contributed by atoms with Crippen LogP contribution in [0.25, 0.3) is 5.70 Å². The van der Waals surface area contributed by atoms with Crippen LogP contribution in [0, 0.1) is 12.3 Å². The van der Waals surface area contributed by atoms with Crippen molar-refractivity contribution in [1.82, 2.24) is 20.9 Å². The van der Waals surface area contributed by atoms with E-state index in [4.69, 9.17) is 10.1 Å². The molecule has 0 saturated carbocycles. The number of aryl methyl sites for hydroxylation is 1. The molecule has 1 atom stereocenters. The topological polar surface area (TPSA) is 105 Å². The summed E-state index contributed by atoms with van der Waals surface area (Å²) in [4.78, 5) is 15.3. The fourth-order valence-corrected chi connectivity index (χ4v) is 3.66. The van der Waals surface area contributed by atoms with Crippen molar-refractivity contribution < 1.29 is 9.53 Å². The van der Waals surface area contributed by atoms with Gasteiger partial charge in [-0.1, -0.05) is 23.8 Å². The van der Waals surface area contributed by atoms with E-state index < -0.39 is 0 Å². The van der Waals surface area contributed by atoms with Gasteiger partial charge in [0.25, 0.3) is 5.91 Å². The minimum atomic E-state index is -0.0783. The van der Waals surface area contributed by atoms with E-state index in [0.717, 1.165) is 28.8 Å². The van der Waals surface area contributed by atoms with Crippen molar-refractivity contribution in [2.24, 2.45) is 5.10 Å². The molecule has 9 nitrogen and oxygen atoms in total. The molecule has 0 radical (unpaired) electrons. The normalized spacial score (nSPS) is 13.9. The van der Waals surface area contributed by atoms with E-state index in [9.17, 15) is 4.79 Å². The Hall–Kier alpha value is -3.85. The Morgan fingerprint density at radius 2 is 2.15 bits per heavy atom. The molecule has 1 aliphatic heterocycles. The molecule has 0 saturated heterocycles. The van der Waals surface area contributed by atoms with E-state index >= 15 is 0 Å². The molecule has 4 N–H and O–H groups in total. The van der Waals surface area contributed by atoms with Crippen LogP contribution in [-0.2, 0) is 0 Å². The summed E-state index contributed by atoms with van der Waals surface area (Å²) in [5.74, 6) is 0.711. The quantitative estimate of drug-likeness (QED) is 0.328. The number of nitrogens with one attached hydrogen (secondary N) is 4. The van der Waals surface area contributed by atoms with Gasteiger partial charge in [-0.15, -0.1) is 5.53 Å². The molecule has 9 heteroatoms. The van der Waals surface area contributed by atoms with E-state index in [1.165, 1.54) is 6.21 Å². The Balaban J connectivity index is 1.74. The zero-order valence-electron chi connectivity index (χ0n) is 19.4. The molecule has 0 unspecified atom stereocenters. The predicted octanol–water partition coefficient (Wildman–Crippen LogP) is 3.22. The molecule has 1 aliphatic rings. The number of hydrazine groups is 2. The fraction of sp³-hybridized carbons (Fsp3) is 0.292. The second-order valence-electron chi connectivity index (χ2n) is 7.71. The van der Waals surface area contributed by atoms with Crippen LogP contribution in [0.2, 0.25) is 0 Å². The average molecular weight is 450 g/mol. The highest BCUT2D eigenvalue weighted by atomic mass is 16.5. The van der Waals surface area contributed by atoms with Crippen LogP contribution >= 0.6 is 0 Å². The number of carbonyl (C=O) groups excluding carboxylic acids is 1. The minimum absolute atomic E-state index is 0.0730. The first-order valence-electron chi connectivity index (χ1n) is 10.8. The van der Waals surface area contributed by atoms with E-state index in [1.807, 2.05) is 79.3 Å².